The maximum absolute atomic E-state index is 14.4. The molecule has 0 N–H and O–H groups in total. The Kier molecular flexibility index (Phi) is 3.97. The fourth-order valence-corrected chi connectivity index (χ4v) is 2.23. The van der Waals surface area contributed by atoms with E-state index in [-0.39, 0.29) is 17.2 Å². The van der Waals surface area contributed by atoms with Crippen LogP contribution < -0.4 is 4.74 Å². The van der Waals surface area contributed by atoms with Gasteiger partial charge in [0, 0.05) is 0 Å². The Labute approximate surface area is 131 Å². The van der Waals surface area contributed by atoms with Crippen LogP contribution in [0.1, 0.15) is 17.3 Å². The van der Waals surface area contributed by atoms with Gasteiger partial charge in [0.25, 0.3) is 0 Å². The molecule has 0 amide bonds. The summed E-state index contributed by atoms with van der Waals surface area (Å²) in [6, 6.07) is 9.48. The van der Waals surface area contributed by atoms with Crippen molar-refractivity contribution in [2.45, 2.75) is 6.92 Å². The number of fused-ring (bicyclic) bond motifs is 1. The quantitative estimate of drug-likeness (QED) is 0.685. The van der Waals surface area contributed by atoms with E-state index in [0.717, 1.165) is 0 Å². The summed E-state index contributed by atoms with van der Waals surface area (Å²) in [5.41, 5.74) is 1.44. The van der Waals surface area contributed by atoms with Crippen LogP contribution in [0.15, 0.2) is 40.8 Å². The number of oxazole rings is 1. The molecule has 1 aromatic heterocycles. The van der Waals surface area contributed by atoms with Crippen LogP contribution in [0.5, 0.6) is 5.75 Å². The van der Waals surface area contributed by atoms with Crippen molar-refractivity contribution in [1.29, 1.82) is 0 Å². The standard InChI is InChI=1S/C17H14FNO4/c1-3-22-13-6-4-5-11(15(13)18)16-19-12-8-7-10(17(20)21-2)9-14(12)23-16/h4-9H,3H2,1-2H3. The normalized spacial score (nSPS) is 10.7. The van der Waals surface area contributed by atoms with Crippen LogP contribution in [0.4, 0.5) is 4.39 Å². The van der Waals surface area contributed by atoms with E-state index < -0.39 is 11.8 Å². The number of halogens is 1. The first-order valence-electron chi connectivity index (χ1n) is 7.04. The van der Waals surface area contributed by atoms with E-state index in [4.69, 9.17) is 9.15 Å². The number of hydrogen-bond donors (Lipinski definition) is 0. The topological polar surface area (TPSA) is 61.6 Å². The second-order valence-electron chi connectivity index (χ2n) is 4.74. The lowest BCUT2D eigenvalue weighted by Gasteiger charge is -2.06. The first kappa shape index (κ1) is 15.0. The molecule has 0 atom stereocenters. The van der Waals surface area contributed by atoms with Crippen LogP contribution in [0.3, 0.4) is 0 Å². The van der Waals surface area contributed by atoms with Crippen molar-refractivity contribution in [3.8, 4) is 17.2 Å². The highest BCUT2D eigenvalue weighted by atomic mass is 19.1. The fraction of sp³-hybridized carbons (Fsp3) is 0.176. The smallest absolute Gasteiger partial charge is 0.337 e. The molecule has 0 saturated heterocycles. The van der Waals surface area contributed by atoms with E-state index in [9.17, 15) is 9.18 Å². The summed E-state index contributed by atoms with van der Waals surface area (Å²) in [5.74, 6) is -0.743. The third-order valence-corrected chi connectivity index (χ3v) is 3.30. The van der Waals surface area contributed by atoms with Gasteiger partial charge in [-0.2, -0.15) is 0 Å². The van der Waals surface area contributed by atoms with Crippen LogP contribution in [-0.2, 0) is 4.74 Å². The summed E-state index contributed by atoms with van der Waals surface area (Å²) in [6.45, 7) is 2.14. The molecule has 0 bridgehead atoms. The minimum absolute atomic E-state index is 0.126. The maximum Gasteiger partial charge on any atom is 0.337 e. The summed E-state index contributed by atoms with van der Waals surface area (Å²) < 4.78 is 29.9. The third-order valence-electron chi connectivity index (χ3n) is 3.30. The average Bonchev–Trinajstić information content (AvgIpc) is 2.99. The summed E-state index contributed by atoms with van der Waals surface area (Å²) in [7, 11) is 1.30. The molecule has 118 valence electrons. The summed E-state index contributed by atoms with van der Waals surface area (Å²) in [4.78, 5) is 15.8. The van der Waals surface area contributed by atoms with Crippen molar-refractivity contribution in [3.63, 3.8) is 0 Å². The van der Waals surface area contributed by atoms with E-state index in [2.05, 4.69) is 9.72 Å². The van der Waals surface area contributed by atoms with E-state index in [1.807, 2.05) is 0 Å². The second kappa shape index (κ2) is 6.08. The third kappa shape index (κ3) is 2.75. The van der Waals surface area contributed by atoms with Gasteiger partial charge in [-0.1, -0.05) is 6.07 Å². The molecule has 0 saturated carbocycles. The number of rotatable bonds is 4. The highest BCUT2D eigenvalue weighted by Crippen LogP contribution is 2.31. The first-order valence-corrected chi connectivity index (χ1v) is 7.04. The maximum atomic E-state index is 14.4. The van der Waals surface area contributed by atoms with Crippen molar-refractivity contribution >= 4 is 17.1 Å². The van der Waals surface area contributed by atoms with Gasteiger partial charge in [0.2, 0.25) is 5.89 Å². The van der Waals surface area contributed by atoms with Gasteiger partial charge in [-0.3, -0.25) is 0 Å². The first-order chi connectivity index (χ1) is 11.1. The Morgan fingerprint density at radius 3 is 2.87 bits per heavy atom. The van der Waals surface area contributed by atoms with Gasteiger partial charge < -0.3 is 13.9 Å². The molecule has 1 heterocycles. The number of methoxy groups -OCH3 is 1. The van der Waals surface area contributed by atoms with Gasteiger partial charge in [0.1, 0.15) is 5.52 Å². The van der Waals surface area contributed by atoms with Crippen LogP contribution in [0.2, 0.25) is 0 Å². The number of aromatic nitrogens is 1. The zero-order valence-electron chi connectivity index (χ0n) is 12.6. The Morgan fingerprint density at radius 1 is 1.30 bits per heavy atom. The van der Waals surface area contributed by atoms with E-state index in [1.165, 1.54) is 13.2 Å². The Balaban J connectivity index is 2.07. The van der Waals surface area contributed by atoms with E-state index >= 15 is 0 Å². The van der Waals surface area contributed by atoms with Crippen molar-refractivity contribution in [2.75, 3.05) is 13.7 Å². The lowest BCUT2D eigenvalue weighted by molar-refractivity contribution is 0.0601. The molecule has 0 aliphatic heterocycles. The molecule has 3 rings (SSSR count). The number of hydrogen-bond acceptors (Lipinski definition) is 5. The highest BCUT2D eigenvalue weighted by Gasteiger charge is 2.17. The predicted molar refractivity (Wildman–Crippen MR) is 81.9 cm³/mol. The number of esters is 1. The number of carbonyl (C=O) groups excluding carboxylic acids is 1. The molecule has 2 aromatic carbocycles. The molecular formula is C17H14FNO4. The lowest BCUT2D eigenvalue weighted by Crippen LogP contribution is -2.00. The Hall–Kier alpha value is -2.89. The van der Waals surface area contributed by atoms with Gasteiger partial charge in [-0.15, -0.1) is 0 Å². The van der Waals surface area contributed by atoms with Gasteiger partial charge in [-0.05, 0) is 37.3 Å². The average molecular weight is 315 g/mol. The number of carbonyl (C=O) groups is 1. The van der Waals surface area contributed by atoms with Gasteiger partial charge in [0.15, 0.2) is 17.1 Å². The second-order valence-corrected chi connectivity index (χ2v) is 4.74. The van der Waals surface area contributed by atoms with Gasteiger partial charge in [0.05, 0.1) is 24.8 Å². The van der Waals surface area contributed by atoms with Crippen molar-refractivity contribution < 1.29 is 23.1 Å². The Morgan fingerprint density at radius 2 is 2.13 bits per heavy atom. The van der Waals surface area contributed by atoms with E-state index in [1.54, 1.807) is 37.3 Å². The van der Waals surface area contributed by atoms with Gasteiger partial charge in [-0.25, -0.2) is 14.2 Å². The molecular weight excluding hydrogens is 301 g/mol. The molecule has 0 spiro atoms. The van der Waals surface area contributed by atoms with Crippen LogP contribution in [-0.4, -0.2) is 24.7 Å². The molecule has 0 unspecified atom stereocenters. The molecule has 0 fully saturated rings. The largest absolute Gasteiger partial charge is 0.491 e. The summed E-state index contributed by atoms with van der Waals surface area (Å²) >= 11 is 0. The zero-order chi connectivity index (χ0) is 16.4. The van der Waals surface area contributed by atoms with Crippen molar-refractivity contribution in [3.05, 3.63) is 47.8 Å². The van der Waals surface area contributed by atoms with E-state index in [0.29, 0.717) is 23.3 Å². The molecule has 5 nitrogen and oxygen atoms in total. The minimum atomic E-state index is -0.533. The fourth-order valence-electron chi connectivity index (χ4n) is 2.23. The molecule has 23 heavy (non-hydrogen) atoms. The van der Waals surface area contributed by atoms with Crippen molar-refractivity contribution in [2.24, 2.45) is 0 Å². The number of ether oxygens (including phenoxy) is 2. The minimum Gasteiger partial charge on any atom is -0.491 e. The lowest BCUT2D eigenvalue weighted by atomic mass is 10.2. The van der Waals surface area contributed by atoms with Crippen molar-refractivity contribution in [1.82, 2.24) is 4.98 Å². The summed E-state index contributed by atoms with van der Waals surface area (Å²) in [5, 5.41) is 0. The molecule has 0 aliphatic rings. The molecule has 3 aromatic rings. The van der Waals surface area contributed by atoms with Crippen LogP contribution >= 0.6 is 0 Å². The highest BCUT2D eigenvalue weighted by molar-refractivity contribution is 5.93. The number of nitrogens with zero attached hydrogens (tertiary/aromatic N) is 1. The Bertz CT molecular complexity index is 872. The molecule has 0 aliphatic carbocycles. The zero-order valence-corrected chi connectivity index (χ0v) is 12.6. The van der Waals surface area contributed by atoms with Gasteiger partial charge >= 0.3 is 5.97 Å². The SMILES string of the molecule is CCOc1cccc(-c2nc3ccc(C(=O)OC)cc3o2)c1F. The van der Waals surface area contributed by atoms with Crippen LogP contribution in [0, 0.1) is 5.82 Å². The van der Waals surface area contributed by atoms with Crippen LogP contribution in [0.25, 0.3) is 22.6 Å². The predicted octanol–water partition coefficient (Wildman–Crippen LogP) is 3.82. The monoisotopic (exact) mass is 315 g/mol. The molecule has 0 radical (unpaired) electrons. The summed E-state index contributed by atoms with van der Waals surface area (Å²) in [6.07, 6.45) is 0. The molecule has 6 heteroatoms. The number of benzene rings is 2.